The van der Waals surface area contributed by atoms with Crippen molar-refractivity contribution >= 4 is 43.6 Å². The maximum Gasteiger partial charge on any atom is 0.150 e. The van der Waals surface area contributed by atoms with Gasteiger partial charge in [-0.05, 0) is 77.9 Å². The lowest BCUT2D eigenvalue weighted by molar-refractivity contribution is 0.402. The fourth-order valence-corrected chi connectivity index (χ4v) is 6.82. The van der Waals surface area contributed by atoms with E-state index in [0.717, 1.165) is 55.6 Å². The summed E-state index contributed by atoms with van der Waals surface area (Å²) < 4.78 is 20.9. The van der Waals surface area contributed by atoms with Crippen molar-refractivity contribution in [2.24, 2.45) is 0 Å². The number of aromatic nitrogens is 4. The molecule has 0 saturated carbocycles. The molecule has 5 heteroatoms. The van der Waals surface area contributed by atoms with E-state index in [9.17, 15) is 0 Å². The molecule has 4 nitrogen and oxygen atoms in total. The van der Waals surface area contributed by atoms with Crippen LogP contribution in [0.1, 0.15) is 17.3 Å². The van der Waals surface area contributed by atoms with E-state index >= 15 is 4.39 Å². The van der Waals surface area contributed by atoms with E-state index < -0.39 is 6.17 Å². The third-order valence-corrected chi connectivity index (χ3v) is 8.91. The summed E-state index contributed by atoms with van der Waals surface area (Å²) in [5.41, 5.74) is 8.19. The van der Waals surface area contributed by atoms with Crippen molar-refractivity contribution < 1.29 is 4.39 Å². The fraction of sp³-hybridized carbons (Fsp3) is 0.0244. The number of hydrogen-bond donors (Lipinski definition) is 0. The zero-order valence-electron chi connectivity index (χ0n) is 24.8. The van der Waals surface area contributed by atoms with E-state index in [2.05, 4.69) is 80.8 Å². The minimum Gasteiger partial charge on any atom is -0.309 e. The highest BCUT2D eigenvalue weighted by molar-refractivity contribution is 6.19. The van der Waals surface area contributed by atoms with Crippen LogP contribution in [-0.2, 0) is 0 Å². The molecule has 0 spiro atoms. The number of alkyl halides is 1. The summed E-state index contributed by atoms with van der Waals surface area (Å²) in [7, 11) is 0. The molecule has 1 unspecified atom stereocenters. The third-order valence-electron chi connectivity index (χ3n) is 8.91. The molecule has 46 heavy (non-hydrogen) atoms. The van der Waals surface area contributed by atoms with Crippen molar-refractivity contribution in [1.29, 1.82) is 0 Å². The Labute approximate surface area is 264 Å². The quantitative estimate of drug-likeness (QED) is 0.199. The van der Waals surface area contributed by atoms with Crippen LogP contribution in [0.5, 0.6) is 0 Å². The van der Waals surface area contributed by atoms with Gasteiger partial charge in [-0.3, -0.25) is 9.55 Å². The highest BCUT2D eigenvalue weighted by atomic mass is 19.1. The molecule has 0 amide bonds. The number of halogens is 1. The first-order chi connectivity index (χ1) is 22.7. The van der Waals surface area contributed by atoms with Crippen molar-refractivity contribution in [3.63, 3.8) is 0 Å². The Hall–Kier alpha value is -6.07. The minimum absolute atomic E-state index is 0.592. The predicted molar refractivity (Wildman–Crippen MR) is 186 cm³/mol. The number of nitrogens with zero attached hydrogens (tertiary/aromatic N) is 4. The summed E-state index contributed by atoms with van der Waals surface area (Å²) >= 11 is 0. The average molecular weight is 595 g/mol. The Bertz CT molecular complexity index is 2530. The molecule has 4 aromatic heterocycles. The van der Waals surface area contributed by atoms with Crippen LogP contribution in [0.2, 0.25) is 0 Å². The molecule has 9 aromatic rings. The SMILES string of the molecule is FC(c1cccc(-c2ccccn2)c1)c1ccc2c3cc4c5ccccc5n(-c5ccccc5)c4cc3n(-c3ccccn3)c2c1. The zero-order chi connectivity index (χ0) is 30.6. The second kappa shape index (κ2) is 10.5. The van der Waals surface area contributed by atoms with Crippen molar-refractivity contribution in [3.8, 4) is 22.8 Å². The van der Waals surface area contributed by atoms with E-state index in [-0.39, 0.29) is 0 Å². The standard InChI is InChI=1S/C41H27FN4/c42-41(28-12-10-11-27(23-28)35-16-6-8-21-43-35)29-19-20-32-34-25-33-31-15-4-5-17-36(31)45(30-13-2-1-3-14-30)38(33)26-39(34)46(37(32)24-29)40-18-7-9-22-44-40/h1-26,41H. The topological polar surface area (TPSA) is 35.6 Å². The van der Waals surface area contributed by atoms with Crippen molar-refractivity contribution in [2.75, 3.05) is 0 Å². The summed E-state index contributed by atoms with van der Waals surface area (Å²) in [4.78, 5) is 9.22. The molecule has 0 radical (unpaired) electrons. The summed E-state index contributed by atoms with van der Waals surface area (Å²) in [5.74, 6) is 0.786. The summed E-state index contributed by atoms with van der Waals surface area (Å²) in [6.07, 6.45) is 2.25. The van der Waals surface area contributed by atoms with Crippen LogP contribution in [0.4, 0.5) is 4.39 Å². The molecule has 0 aliphatic carbocycles. The van der Waals surface area contributed by atoms with Gasteiger partial charge in [-0.1, -0.05) is 78.9 Å². The molecule has 0 fully saturated rings. The predicted octanol–water partition coefficient (Wildman–Crippen LogP) is 10.4. The molecule has 1 atom stereocenters. The third kappa shape index (κ3) is 4.13. The Morgan fingerprint density at radius 3 is 1.96 bits per heavy atom. The molecule has 0 aliphatic rings. The Morgan fingerprint density at radius 2 is 1.15 bits per heavy atom. The van der Waals surface area contributed by atoms with Gasteiger partial charge in [0, 0.05) is 45.2 Å². The molecule has 0 bridgehead atoms. The zero-order valence-corrected chi connectivity index (χ0v) is 24.8. The number of para-hydroxylation sites is 2. The van der Waals surface area contributed by atoms with Gasteiger partial charge < -0.3 is 4.57 Å². The van der Waals surface area contributed by atoms with Gasteiger partial charge >= 0.3 is 0 Å². The average Bonchev–Trinajstić information content (AvgIpc) is 3.63. The molecule has 0 saturated heterocycles. The van der Waals surface area contributed by atoms with Crippen molar-refractivity contribution in [2.45, 2.75) is 6.17 Å². The van der Waals surface area contributed by atoms with Crippen molar-refractivity contribution in [3.05, 3.63) is 169 Å². The Balaban J connectivity index is 1.29. The lowest BCUT2D eigenvalue weighted by Crippen LogP contribution is -1.99. The van der Waals surface area contributed by atoms with E-state index in [1.54, 1.807) is 12.4 Å². The smallest absolute Gasteiger partial charge is 0.150 e. The molecule has 9 rings (SSSR count). The Kier molecular flexibility index (Phi) is 6.03. The monoisotopic (exact) mass is 594 g/mol. The number of benzene rings is 5. The van der Waals surface area contributed by atoms with Crippen LogP contribution in [-0.4, -0.2) is 19.1 Å². The fourth-order valence-electron chi connectivity index (χ4n) is 6.82. The van der Waals surface area contributed by atoms with E-state index in [1.165, 1.54) is 10.8 Å². The number of rotatable bonds is 5. The van der Waals surface area contributed by atoms with Crippen LogP contribution in [0.15, 0.2) is 158 Å². The summed E-state index contributed by atoms with van der Waals surface area (Å²) in [5, 5.41) is 4.52. The van der Waals surface area contributed by atoms with Crippen LogP contribution in [0.3, 0.4) is 0 Å². The van der Waals surface area contributed by atoms with E-state index in [0.29, 0.717) is 11.1 Å². The molecular weight excluding hydrogens is 567 g/mol. The van der Waals surface area contributed by atoms with Gasteiger partial charge in [0.1, 0.15) is 5.82 Å². The highest BCUT2D eigenvalue weighted by Crippen LogP contribution is 2.40. The van der Waals surface area contributed by atoms with Gasteiger partial charge in [0.15, 0.2) is 6.17 Å². The largest absolute Gasteiger partial charge is 0.309 e. The van der Waals surface area contributed by atoms with E-state index in [4.69, 9.17) is 4.98 Å². The second-order valence-electron chi connectivity index (χ2n) is 11.6. The van der Waals surface area contributed by atoms with Crippen LogP contribution >= 0.6 is 0 Å². The van der Waals surface area contributed by atoms with Gasteiger partial charge in [-0.25, -0.2) is 9.37 Å². The van der Waals surface area contributed by atoms with Crippen molar-refractivity contribution in [1.82, 2.24) is 19.1 Å². The van der Waals surface area contributed by atoms with Crippen LogP contribution < -0.4 is 0 Å². The molecular formula is C41H27FN4. The first kappa shape index (κ1) is 26.3. The second-order valence-corrected chi connectivity index (χ2v) is 11.6. The van der Waals surface area contributed by atoms with Crippen LogP contribution in [0, 0.1) is 0 Å². The number of hydrogen-bond acceptors (Lipinski definition) is 2. The maximum absolute atomic E-state index is 16.4. The first-order valence-electron chi connectivity index (χ1n) is 15.4. The minimum atomic E-state index is -1.31. The lowest BCUT2D eigenvalue weighted by Gasteiger charge is -2.12. The van der Waals surface area contributed by atoms with Gasteiger partial charge in [0.2, 0.25) is 0 Å². The van der Waals surface area contributed by atoms with Gasteiger partial charge in [-0.15, -0.1) is 0 Å². The molecule has 4 heterocycles. The molecule has 5 aromatic carbocycles. The van der Waals surface area contributed by atoms with Gasteiger partial charge in [0.25, 0.3) is 0 Å². The van der Waals surface area contributed by atoms with Gasteiger partial charge in [0.05, 0.1) is 27.8 Å². The number of fused-ring (bicyclic) bond motifs is 6. The molecule has 0 aliphatic heterocycles. The maximum atomic E-state index is 16.4. The first-order valence-corrected chi connectivity index (χ1v) is 15.4. The van der Waals surface area contributed by atoms with Crippen LogP contribution in [0.25, 0.3) is 66.4 Å². The van der Waals surface area contributed by atoms with E-state index in [1.807, 2.05) is 78.9 Å². The number of pyridine rings is 2. The lowest BCUT2D eigenvalue weighted by atomic mass is 9.98. The molecule has 218 valence electrons. The van der Waals surface area contributed by atoms with Gasteiger partial charge in [-0.2, -0.15) is 0 Å². The molecule has 0 N–H and O–H groups in total. The summed E-state index contributed by atoms with van der Waals surface area (Å²) in [6, 6.07) is 48.8. The Morgan fingerprint density at radius 1 is 0.457 bits per heavy atom. The normalized spacial score (nSPS) is 12.4. The highest BCUT2D eigenvalue weighted by Gasteiger charge is 2.21. The summed E-state index contributed by atoms with van der Waals surface area (Å²) in [6.45, 7) is 0.